The number of benzene rings is 2. The summed E-state index contributed by atoms with van der Waals surface area (Å²) >= 11 is 6.22. The molecule has 2 atom stereocenters. The molecule has 0 fully saturated rings. The fourth-order valence-corrected chi connectivity index (χ4v) is 5.14. The van der Waals surface area contributed by atoms with Crippen molar-refractivity contribution in [2.75, 3.05) is 40.1 Å². The van der Waals surface area contributed by atoms with Crippen LogP contribution in [-0.2, 0) is 11.2 Å². The van der Waals surface area contributed by atoms with Gasteiger partial charge in [0.1, 0.15) is 18.2 Å². The summed E-state index contributed by atoms with van der Waals surface area (Å²) in [5.41, 5.74) is 14.1. The van der Waals surface area contributed by atoms with Crippen molar-refractivity contribution in [3.63, 3.8) is 0 Å². The summed E-state index contributed by atoms with van der Waals surface area (Å²) in [4.78, 5) is 24.2. The molecule has 0 radical (unpaired) electrons. The van der Waals surface area contributed by atoms with Crippen molar-refractivity contribution >= 4 is 28.5 Å². The van der Waals surface area contributed by atoms with Crippen LogP contribution in [0.4, 0.5) is 8.78 Å². The fraction of sp³-hybridized carbons (Fsp3) is 0.387. The number of H-pyrrole nitrogens is 1. The Morgan fingerprint density at radius 2 is 2.02 bits per heavy atom. The van der Waals surface area contributed by atoms with Gasteiger partial charge in [0.25, 0.3) is 0 Å². The van der Waals surface area contributed by atoms with Gasteiger partial charge in [-0.05, 0) is 73.7 Å². The van der Waals surface area contributed by atoms with Gasteiger partial charge in [-0.2, -0.15) is 4.98 Å². The highest BCUT2D eigenvalue weighted by Crippen LogP contribution is 2.31. The van der Waals surface area contributed by atoms with E-state index in [1.165, 1.54) is 4.57 Å². The van der Waals surface area contributed by atoms with E-state index >= 15 is 4.39 Å². The first kappa shape index (κ1) is 33.2. The second kappa shape index (κ2) is 15.9. The number of nitrogens with one attached hydrogen (secondary N) is 2. The molecule has 2 aromatic heterocycles. The number of fused-ring (bicyclic) bond motifs is 1. The molecular weight excluding hydrogens is 592 g/mol. The Bertz CT molecular complexity index is 1630. The molecule has 2 aromatic carbocycles. The van der Waals surface area contributed by atoms with Gasteiger partial charge in [-0.3, -0.25) is 9.56 Å². The molecule has 0 amide bonds. The van der Waals surface area contributed by atoms with Crippen LogP contribution in [-0.4, -0.2) is 71.6 Å². The number of hydrogen-bond acceptors (Lipinski definition) is 7. The van der Waals surface area contributed by atoms with Crippen molar-refractivity contribution in [3.8, 4) is 16.9 Å². The van der Waals surface area contributed by atoms with E-state index in [-0.39, 0.29) is 35.1 Å². The summed E-state index contributed by atoms with van der Waals surface area (Å²) in [6.07, 6.45) is 4.29. The molecule has 0 bridgehead atoms. The van der Waals surface area contributed by atoms with Crippen LogP contribution < -0.4 is 22.5 Å². The number of aliphatic hydroxyl groups is 1. The first-order valence-electron chi connectivity index (χ1n) is 14.4. The second-order valence-corrected chi connectivity index (χ2v) is 11.0. The minimum Gasteiger partial charge on any atom is -0.395 e. The minimum absolute atomic E-state index is 0.00786. The van der Waals surface area contributed by atoms with Crippen LogP contribution in [0.2, 0.25) is 5.02 Å². The van der Waals surface area contributed by atoms with Crippen molar-refractivity contribution in [1.82, 2.24) is 19.9 Å². The molecule has 0 saturated heterocycles. The number of nitrogens with two attached hydrogens (primary N) is 2. The summed E-state index contributed by atoms with van der Waals surface area (Å²) in [5.74, 6) is -0.582. The van der Waals surface area contributed by atoms with Gasteiger partial charge < -0.3 is 31.6 Å². The van der Waals surface area contributed by atoms with Crippen molar-refractivity contribution in [1.29, 1.82) is 0 Å². The smallest absolute Gasteiger partial charge is 0.354 e. The number of ether oxygens (including phenoxy) is 1. The lowest BCUT2D eigenvalue weighted by molar-refractivity contribution is 0.167. The van der Waals surface area contributed by atoms with Gasteiger partial charge in [-0.25, -0.2) is 13.6 Å². The quantitative estimate of drug-likeness (QED) is 0.0717. The van der Waals surface area contributed by atoms with Crippen molar-refractivity contribution in [3.05, 3.63) is 81.1 Å². The maximum Gasteiger partial charge on any atom is 0.354 e. The van der Waals surface area contributed by atoms with Crippen molar-refractivity contribution in [2.45, 2.75) is 37.8 Å². The molecule has 4 rings (SSSR count). The number of aromatic amines is 1. The number of aryl methyl sites for hydroxylation is 1. The number of halogens is 3. The molecule has 44 heavy (non-hydrogen) atoms. The Labute approximate surface area is 259 Å². The lowest BCUT2D eigenvalue weighted by Crippen LogP contribution is -2.27. The maximum absolute atomic E-state index is 15.1. The van der Waals surface area contributed by atoms with Crippen molar-refractivity contribution in [2.24, 2.45) is 16.5 Å². The lowest BCUT2D eigenvalue weighted by atomic mass is 10.0. The average molecular weight is 630 g/mol. The third-order valence-electron chi connectivity index (χ3n) is 7.25. The molecule has 236 valence electrons. The van der Waals surface area contributed by atoms with Crippen LogP contribution in [0, 0.1) is 5.82 Å². The number of aromatic nitrogens is 3. The Morgan fingerprint density at radius 1 is 1.25 bits per heavy atom. The predicted octanol–water partition coefficient (Wildman–Crippen LogP) is 3.81. The summed E-state index contributed by atoms with van der Waals surface area (Å²) in [6.45, 7) is 0.625. The number of aliphatic imine (C=N–C) groups is 1. The largest absolute Gasteiger partial charge is 0.395 e. The minimum atomic E-state index is -0.756. The van der Waals surface area contributed by atoms with Crippen LogP contribution in [0.15, 0.2) is 58.4 Å². The molecule has 7 N–H and O–H groups in total. The molecular formula is C31H38ClF2N7O3. The van der Waals surface area contributed by atoms with Gasteiger partial charge in [0, 0.05) is 36.8 Å². The van der Waals surface area contributed by atoms with E-state index in [9.17, 15) is 9.18 Å². The van der Waals surface area contributed by atoms with E-state index in [1.54, 1.807) is 31.5 Å². The number of aliphatic hydroxyl groups excluding tert-OH is 1. The zero-order valence-corrected chi connectivity index (χ0v) is 25.3. The Balaban J connectivity index is 1.53. The number of methoxy groups -OCH3 is 1. The molecule has 10 nitrogen and oxygen atoms in total. The highest BCUT2D eigenvalue weighted by atomic mass is 35.5. The normalized spacial score (nSPS) is 13.5. The molecule has 13 heteroatoms. The van der Waals surface area contributed by atoms with Gasteiger partial charge in [-0.1, -0.05) is 23.7 Å². The van der Waals surface area contributed by atoms with Gasteiger partial charge in [0.2, 0.25) is 0 Å². The van der Waals surface area contributed by atoms with E-state index < -0.39 is 18.2 Å². The zero-order valence-electron chi connectivity index (χ0n) is 24.5. The highest BCUT2D eigenvalue weighted by Gasteiger charge is 2.16. The molecule has 0 aliphatic rings. The highest BCUT2D eigenvalue weighted by molar-refractivity contribution is 6.31. The standard InChI is InChI=1S/C31H38ClF2N7O3/c1-44-18-27(37-10-3-11-38-28(36)15-33)20-6-8-23(9-7-20)41-16-21-14-26(39-30(21)40-31(41)43)24-12-19(13-25(32)29(24)34)4-2-5-22(35)17-42/h6-9,12-14,16,22,27,37,42H,2-5,10-11,15,17-18,35H2,1H3,(H2,36,38)(H,39,40,43). The van der Waals surface area contributed by atoms with Gasteiger partial charge in [-0.15, -0.1) is 0 Å². The molecule has 2 unspecified atom stereocenters. The first-order chi connectivity index (χ1) is 21.2. The number of amidine groups is 1. The number of alkyl halides is 1. The molecule has 0 aliphatic carbocycles. The molecule has 2 heterocycles. The van der Waals surface area contributed by atoms with E-state index in [1.807, 2.05) is 24.3 Å². The van der Waals surface area contributed by atoms with Gasteiger partial charge in [0.15, 0.2) is 5.82 Å². The Hall–Kier alpha value is -3.68. The van der Waals surface area contributed by atoms with Crippen LogP contribution in [0.3, 0.4) is 0 Å². The second-order valence-electron chi connectivity index (χ2n) is 10.6. The zero-order chi connectivity index (χ0) is 31.6. The maximum atomic E-state index is 15.1. The summed E-state index contributed by atoms with van der Waals surface area (Å²) in [6, 6.07) is 12.1. The van der Waals surface area contributed by atoms with Crippen molar-refractivity contribution < 1.29 is 18.6 Å². The van der Waals surface area contributed by atoms with E-state index in [2.05, 4.69) is 20.3 Å². The third-order valence-corrected chi connectivity index (χ3v) is 7.52. The topological polar surface area (TPSA) is 157 Å². The first-order valence-corrected chi connectivity index (χ1v) is 14.8. The summed E-state index contributed by atoms with van der Waals surface area (Å²) < 4.78 is 34.4. The Kier molecular flexibility index (Phi) is 12.0. The van der Waals surface area contributed by atoms with Gasteiger partial charge >= 0.3 is 5.69 Å². The number of rotatable bonds is 16. The third kappa shape index (κ3) is 8.48. The lowest BCUT2D eigenvalue weighted by Gasteiger charge is -2.19. The monoisotopic (exact) mass is 629 g/mol. The molecule has 0 saturated carbocycles. The Morgan fingerprint density at radius 3 is 2.73 bits per heavy atom. The number of hydrogen-bond donors (Lipinski definition) is 5. The van der Waals surface area contributed by atoms with Gasteiger partial charge in [0.05, 0.1) is 35.7 Å². The molecule has 4 aromatic rings. The number of nitrogens with zero attached hydrogens (tertiary/aromatic N) is 3. The van der Waals surface area contributed by atoms with Crippen LogP contribution in [0.25, 0.3) is 28.0 Å². The van der Waals surface area contributed by atoms with E-state index in [4.69, 9.17) is 32.9 Å². The average Bonchev–Trinajstić information content (AvgIpc) is 3.43. The SMILES string of the molecule is COCC(NCCCN=C(N)CF)c1ccc(-n2cc3cc(-c4cc(CCCC(N)CO)cc(Cl)c4F)[nH]c3nc2=O)cc1. The van der Waals surface area contributed by atoms with E-state index in [0.717, 1.165) is 11.1 Å². The summed E-state index contributed by atoms with van der Waals surface area (Å²) in [5, 5.41) is 13.2. The van der Waals surface area contributed by atoms with E-state index in [0.29, 0.717) is 67.8 Å². The van der Waals surface area contributed by atoms with Crippen LogP contribution >= 0.6 is 11.6 Å². The molecule has 0 aliphatic heterocycles. The van der Waals surface area contributed by atoms with Crippen LogP contribution in [0.1, 0.15) is 36.4 Å². The predicted molar refractivity (Wildman–Crippen MR) is 170 cm³/mol. The molecule has 0 spiro atoms. The van der Waals surface area contributed by atoms with Crippen LogP contribution in [0.5, 0.6) is 0 Å². The summed E-state index contributed by atoms with van der Waals surface area (Å²) in [7, 11) is 1.62. The fourth-order valence-electron chi connectivity index (χ4n) is 4.90.